The van der Waals surface area contributed by atoms with Gasteiger partial charge in [0.25, 0.3) is 0 Å². The average molecular weight is 931 g/mol. The molecule has 0 atom stereocenters. The maximum absolute atomic E-state index is 14.8. The second-order valence-corrected chi connectivity index (χ2v) is 23.0. The van der Waals surface area contributed by atoms with Gasteiger partial charge >= 0.3 is 7.60 Å². The van der Waals surface area contributed by atoms with Crippen LogP contribution in [-0.4, -0.2) is 34.0 Å². The lowest BCUT2D eigenvalue weighted by Gasteiger charge is -2.32. The molecule has 350 valence electrons. The van der Waals surface area contributed by atoms with Crippen LogP contribution < -0.4 is 5.30 Å². The fourth-order valence-electron chi connectivity index (χ4n) is 10.5. The fourth-order valence-corrected chi connectivity index (χ4v) is 12.7. The van der Waals surface area contributed by atoms with Crippen molar-refractivity contribution in [1.29, 1.82) is 0 Å². The van der Waals surface area contributed by atoms with Crippen molar-refractivity contribution < 1.29 is 13.6 Å². The first-order chi connectivity index (χ1) is 32.5. The number of benzene rings is 4. The van der Waals surface area contributed by atoms with Crippen molar-refractivity contribution in [1.82, 2.24) is 0 Å². The number of hydrogen-bond acceptors (Lipinski definition) is 7. The largest absolute Gasteiger partial charge is 0.362 e. The standard InChI is InChI=1S/C61H63N4O3P/c1-34-28-37(4)53(38(5)29-34)57-47-22-20-45(62-47)56(43-16-18-44(19-17-43)69(66,67-60(10,11)12)68-61(13,14)15)46-21-23-48(63-46)58(54-39(6)30-35(2)31-40(54)7)50-25-27-52(65-50)59(51-26-24-49(57)64-51)55-41(8)32-36(3)33-42(55)9/h16-33H,1-15H3. The summed E-state index contributed by atoms with van der Waals surface area (Å²) in [6.07, 6.45) is 17.0. The molecule has 5 aliphatic heterocycles. The number of rotatable bonds is 7. The van der Waals surface area contributed by atoms with E-state index in [1.165, 1.54) is 27.8 Å². The lowest BCUT2D eigenvalue weighted by Crippen LogP contribution is -2.28. The molecule has 69 heavy (non-hydrogen) atoms. The number of fused-ring (bicyclic) bond motifs is 4. The van der Waals surface area contributed by atoms with Crippen molar-refractivity contribution in [2.45, 2.75) is 115 Å². The quantitative estimate of drug-likeness (QED) is 0.173. The van der Waals surface area contributed by atoms with Crippen molar-refractivity contribution in [2.75, 3.05) is 0 Å². The van der Waals surface area contributed by atoms with Gasteiger partial charge in [-0.25, -0.2) is 20.0 Å². The third-order valence-electron chi connectivity index (χ3n) is 12.7. The van der Waals surface area contributed by atoms with Crippen molar-refractivity contribution in [3.8, 4) is 0 Å². The van der Waals surface area contributed by atoms with Gasteiger partial charge in [-0.15, -0.1) is 0 Å². The van der Waals surface area contributed by atoms with Gasteiger partial charge in [0.1, 0.15) is 0 Å². The zero-order valence-electron chi connectivity index (χ0n) is 42.9. The normalized spacial score (nSPS) is 17.0. The van der Waals surface area contributed by atoms with Crippen LogP contribution in [0.3, 0.4) is 0 Å². The number of allylic oxidation sites excluding steroid dienone is 12. The number of aryl methyl sites for hydroxylation is 9. The molecular formula is C61H63N4O3P. The van der Waals surface area contributed by atoms with Gasteiger partial charge in [0.2, 0.25) is 0 Å². The molecule has 9 rings (SSSR count). The third-order valence-corrected chi connectivity index (χ3v) is 15.2. The van der Waals surface area contributed by atoms with E-state index in [2.05, 4.69) is 147 Å². The Morgan fingerprint density at radius 1 is 0.377 bits per heavy atom. The zero-order valence-corrected chi connectivity index (χ0v) is 43.7. The van der Waals surface area contributed by atoms with Crippen LogP contribution in [0.15, 0.2) is 152 Å². The van der Waals surface area contributed by atoms with Crippen molar-refractivity contribution in [3.05, 3.63) is 204 Å². The lowest BCUT2D eigenvalue weighted by atomic mass is 9.89. The molecule has 0 radical (unpaired) electrons. The van der Waals surface area contributed by atoms with Crippen LogP contribution in [0.2, 0.25) is 0 Å². The molecule has 5 aliphatic rings. The van der Waals surface area contributed by atoms with Gasteiger partial charge in [-0.05, 0) is 220 Å². The van der Waals surface area contributed by atoms with Gasteiger partial charge in [0.15, 0.2) is 0 Å². The van der Waals surface area contributed by atoms with E-state index >= 15 is 0 Å². The van der Waals surface area contributed by atoms with Crippen LogP contribution in [0.1, 0.15) is 114 Å². The summed E-state index contributed by atoms with van der Waals surface area (Å²) < 4.78 is 27.3. The second kappa shape index (κ2) is 17.5. The summed E-state index contributed by atoms with van der Waals surface area (Å²) in [5.74, 6) is 0. The summed E-state index contributed by atoms with van der Waals surface area (Å²) in [5, 5.41) is 0.475. The molecule has 8 bridgehead atoms. The van der Waals surface area contributed by atoms with Gasteiger partial charge < -0.3 is 0 Å². The summed E-state index contributed by atoms with van der Waals surface area (Å²) in [6.45, 7) is 30.8. The molecule has 0 aliphatic carbocycles. The number of aliphatic imine (C=N–C) groups is 4. The maximum Gasteiger partial charge on any atom is 0.362 e. The van der Waals surface area contributed by atoms with Gasteiger partial charge in [-0.1, -0.05) is 65.2 Å². The fraction of sp³-hybridized carbons (Fsp3) is 0.279. The Bertz CT molecular complexity index is 3230. The highest BCUT2D eigenvalue weighted by Crippen LogP contribution is 2.53. The Labute approximate surface area is 409 Å². The SMILES string of the molecule is Cc1cc(C)c(C2=C3C=CC(=N3)C(c3ccc(P(=O)(OC(C)(C)C)OC(C)(C)C)cc3)=C3C=CC(=N3)C(c3c(C)cc(C)cc3C)=C3C=CC(=N3)C(c3c(C)cc(C)cc3C)=C3C=CC2=N3)c(C)c1. The van der Waals surface area contributed by atoms with Gasteiger partial charge in [0.05, 0.1) is 62.1 Å². The van der Waals surface area contributed by atoms with Crippen molar-refractivity contribution >= 4 is 58.0 Å². The summed E-state index contributed by atoms with van der Waals surface area (Å²) in [5.41, 5.74) is 23.4. The Balaban J connectivity index is 1.37. The first kappa shape index (κ1) is 47.7. The van der Waals surface area contributed by atoms with E-state index < -0.39 is 18.8 Å². The van der Waals surface area contributed by atoms with Crippen LogP contribution in [0, 0.1) is 62.3 Å². The third kappa shape index (κ3) is 9.28. The lowest BCUT2D eigenvalue weighted by molar-refractivity contribution is 0.0548. The van der Waals surface area contributed by atoms with E-state index in [1.54, 1.807) is 0 Å². The number of hydrogen-bond donors (Lipinski definition) is 0. The minimum absolute atomic E-state index is 0.475. The maximum atomic E-state index is 14.8. The van der Waals surface area contributed by atoms with Gasteiger partial charge in [-0.2, -0.15) is 0 Å². The molecule has 0 amide bonds. The second-order valence-electron chi connectivity index (χ2n) is 21.1. The highest BCUT2D eigenvalue weighted by atomic mass is 31.2. The molecule has 0 aromatic heterocycles. The topological polar surface area (TPSA) is 85.0 Å². The van der Waals surface area contributed by atoms with Crippen LogP contribution >= 0.6 is 7.60 Å². The summed E-state index contributed by atoms with van der Waals surface area (Å²) in [4.78, 5) is 22.3. The molecule has 0 spiro atoms. The Hall–Kier alpha value is -6.37. The molecule has 0 unspecified atom stereocenters. The Morgan fingerprint density at radius 2 is 0.638 bits per heavy atom. The van der Waals surface area contributed by atoms with E-state index in [-0.39, 0.29) is 0 Å². The van der Waals surface area contributed by atoms with Crippen LogP contribution in [0.4, 0.5) is 0 Å². The summed E-state index contributed by atoms with van der Waals surface area (Å²) in [6, 6.07) is 21.1. The van der Waals surface area contributed by atoms with E-state index in [1.807, 2.05) is 65.8 Å². The number of nitrogens with zero attached hydrogens (tertiary/aromatic N) is 4. The minimum atomic E-state index is -3.77. The Morgan fingerprint density at radius 3 is 0.913 bits per heavy atom. The predicted molar refractivity (Wildman–Crippen MR) is 291 cm³/mol. The van der Waals surface area contributed by atoms with Gasteiger partial charge in [-0.3, -0.25) is 13.6 Å². The Kier molecular flexibility index (Phi) is 12.1. The molecule has 0 saturated carbocycles. The summed E-state index contributed by atoms with van der Waals surface area (Å²) in [7, 11) is -3.77. The van der Waals surface area contributed by atoms with E-state index in [9.17, 15) is 4.57 Å². The average Bonchev–Trinajstić information content (AvgIpc) is 4.07. The van der Waals surface area contributed by atoms with E-state index in [0.29, 0.717) is 5.30 Å². The molecule has 4 aromatic carbocycles. The van der Waals surface area contributed by atoms with Crippen LogP contribution in [0.25, 0.3) is 22.3 Å². The molecular weight excluding hydrogens is 868 g/mol. The molecule has 0 saturated heterocycles. The van der Waals surface area contributed by atoms with Crippen LogP contribution in [-0.2, 0) is 13.6 Å². The molecule has 5 heterocycles. The molecule has 4 aromatic rings. The molecule has 7 nitrogen and oxygen atoms in total. The molecule has 0 N–H and O–H groups in total. The highest BCUT2D eigenvalue weighted by molar-refractivity contribution is 7.62. The minimum Gasteiger partial charge on any atom is -0.299 e. The first-order valence-corrected chi connectivity index (χ1v) is 25.4. The van der Waals surface area contributed by atoms with E-state index in [4.69, 9.17) is 29.0 Å². The first-order valence-electron chi connectivity index (χ1n) is 23.9. The molecule has 8 heteroatoms. The summed E-state index contributed by atoms with van der Waals surface area (Å²) >= 11 is 0. The smallest absolute Gasteiger partial charge is 0.299 e. The van der Waals surface area contributed by atoms with Gasteiger partial charge in [0, 0.05) is 22.3 Å². The van der Waals surface area contributed by atoms with Crippen molar-refractivity contribution in [3.63, 3.8) is 0 Å². The predicted octanol–water partition coefficient (Wildman–Crippen LogP) is 14.9. The van der Waals surface area contributed by atoms with Crippen molar-refractivity contribution in [2.24, 2.45) is 20.0 Å². The monoisotopic (exact) mass is 930 g/mol. The zero-order chi connectivity index (χ0) is 49.5. The van der Waals surface area contributed by atoms with E-state index in [0.717, 1.165) is 112 Å². The highest BCUT2D eigenvalue weighted by Gasteiger charge is 2.38. The molecule has 0 fully saturated rings. The van der Waals surface area contributed by atoms with Crippen LogP contribution in [0.5, 0.6) is 0 Å².